The van der Waals surface area contributed by atoms with Crippen LogP contribution in [0.2, 0.25) is 5.02 Å². The van der Waals surface area contributed by atoms with Crippen molar-refractivity contribution in [3.63, 3.8) is 0 Å². The van der Waals surface area contributed by atoms with E-state index in [1.807, 2.05) is 24.3 Å². The molecule has 0 amide bonds. The summed E-state index contributed by atoms with van der Waals surface area (Å²) in [6, 6.07) is 8.01. The molecule has 0 aliphatic heterocycles. The lowest BCUT2D eigenvalue weighted by Gasteiger charge is -2.30. The van der Waals surface area contributed by atoms with Crippen molar-refractivity contribution in [2.24, 2.45) is 5.73 Å². The van der Waals surface area contributed by atoms with Crippen LogP contribution in [0.3, 0.4) is 0 Å². The summed E-state index contributed by atoms with van der Waals surface area (Å²) in [4.78, 5) is 2.28. The maximum absolute atomic E-state index is 8.90. The summed E-state index contributed by atoms with van der Waals surface area (Å²) in [5.74, 6) is 0. The third-order valence-corrected chi connectivity index (χ3v) is 3.18. The van der Waals surface area contributed by atoms with Gasteiger partial charge in [-0.15, -0.1) is 0 Å². The minimum Gasteiger partial charge on any atom is -0.396 e. The highest BCUT2D eigenvalue weighted by molar-refractivity contribution is 6.30. The number of halogens is 1. The molecule has 3 nitrogen and oxygen atoms in total. The van der Waals surface area contributed by atoms with Crippen molar-refractivity contribution in [3.8, 4) is 0 Å². The van der Waals surface area contributed by atoms with Crippen molar-refractivity contribution in [1.82, 2.24) is 4.90 Å². The molecule has 0 aliphatic rings. The molecule has 1 rings (SSSR count). The minimum atomic E-state index is 0.198. The number of likely N-dealkylation sites (N-methyl/N-ethyl adjacent to an activating group) is 1. The third-order valence-electron chi connectivity index (χ3n) is 2.93. The van der Waals surface area contributed by atoms with E-state index in [0.717, 1.165) is 24.5 Å². The summed E-state index contributed by atoms with van der Waals surface area (Å²) in [5.41, 5.74) is 7.03. The Morgan fingerprint density at radius 3 is 2.47 bits per heavy atom. The zero-order chi connectivity index (χ0) is 12.7. The Morgan fingerprint density at radius 2 is 2.00 bits per heavy atom. The second-order valence-corrected chi connectivity index (χ2v) is 4.45. The molecule has 1 unspecified atom stereocenters. The molecule has 96 valence electrons. The number of rotatable bonds is 7. The molecule has 3 N–H and O–H groups in total. The molecule has 0 saturated carbocycles. The van der Waals surface area contributed by atoms with E-state index >= 15 is 0 Å². The maximum Gasteiger partial charge on any atom is 0.0470 e. The van der Waals surface area contributed by atoms with Crippen LogP contribution in [0.4, 0.5) is 0 Å². The zero-order valence-electron chi connectivity index (χ0n) is 10.3. The van der Waals surface area contributed by atoms with Gasteiger partial charge >= 0.3 is 0 Å². The van der Waals surface area contributed by atoms with Gasteiger partial charge in [-0.05, 0) is 30.7 Å². The summed E-state index contributed by atoms with van der Waals surface area (Å²) in [7, 11) is 0. The van der Waals surface area contributed by atoms with Crippen molar-refractivity contribution in [2.45, 2.75) is 19.4 Å². The highest BCUT2D eigenvalue weighted by atomic mass is 35.5. The molecule has 0 fully saturated rings. The Balaban J connectivity index is 2.77. The van der Waals surface area contributed by atoms with Crippen LogP contribution in [0.15, 0.2) is 24.3 Å². The van der Waals surface area contributed by atoms with E-state index in [4.69, 9.17) is 22.4 Å². The third kappa shape index (κ3) is 4.28. The molecule has 0 saturated heterocycles. The monoisotopic (exact) mass is 256 g/mol. The molecule has 1 atom stereocenters. The second-order valence-electron chi connectivity index (χ2n) is 4.01. The Labute approximate surface area is 108 Å². The first-order chi connectivity index (χ1) is 8.22. The van der Waals surface area contributed by atoms with Crippen LogP contribution >= 0.6 is 11.6 Å². The largest absolute Gasteiger partial charge is 0.396 e. The topological polar surface area (TPSA) is 49.5 Å². The Morgan fingerprint density at radius 1 is 1.35 bits per heavy atom. The number of nitrogens with two attached hydrogens (primary N) is 1. The van der Waals surface area contributed by atoms with Gasteiger partial charge in [-0.1, -0.05) is 30.7 Å². The van der Waals surface area contributed by atoms with Crippen molar-refractivity contribution < 1.29 is 5.11 Å². The summed E-state index contributed by atoms with van der Waals surface area (Å²) in [6.45, 7) is 4.67. The number of hydrogen-bond acceptors (Lipinski definition) is 3. The Hall–Kier alpha value is -0.610. The van der Waals surface area contributed by atoms with Crippen molar-refractivity contribution >= 4 is 11.6 Å². The fraction of sp³-hybridized carbons (Fsp3) is 0.538. The molecule has 4 heteroatoms. The van der Waals surface area contributed by atoms with Gasteiger partial charge in [0.1, 0.15) is 0 Å². The van der Waals surface area contributed by atoms with Crippen molar-refractivity contribution in [2.75, 3.05) is 26.2 Å². The maximum atomic E-state index is 8.90. The smallest absolute Gasteiger partial charge is 0.0470 e. The first-order valence-electron chi connectivity index (χ1n) is 6.03. The fourth-order valence-corrected chi connectivity index (χ4v) is 2.12. The molecule has 0 aromatic heterocycles. The van der Waals surface area contributed by atoms with Gasteiger partial charge in [-0.25, -0.2) is 0 Å². The van der Waals surface area contributed by atoms with Crippen molar-refractivity contribution in [3.05, 3.63) is 34.9 Å². The van der Waals surface area contributed by atoms with Gasteiger partial charge in [0.15, 0.2) is 0 Å². The van der Waals surface area contributed by atoms with Gasteiger partial charge in [-0.2, -0.15) is 0 Å². The number of aliphatic hydroxyl groups is 1. The van der Waals surface area contributed by atoms with Gasteiger partial charge in [0.2, 0.25) is 0 Å². The van der Waals surface area contributed by atoms with Crippen LogP contribution in [-0.4, -0.2) is 36.2 Å². The van der Waals surface area contributed by atoms with Crippen LogP contribution in [-0.2, 0) is 0 Å². The SMILES string of the molecule is CCN(CCCO)C(CN)c1ccc(Cl)cc1. The molecule has 1 aromatic rings. The van der Waals surface area contributed by atoms with Gasteiger partial charge in [-0.3, -0.25) is 4.90 Å². The standard InChI is InChI=1S/C13H21ClN2O/c1-2-16(8-3-9-17)13(10-15)11-4-6-12(14)7-5-11/h4-7,13,17H,2-3,8-10,15H2,1H3. The molecule has 0 aliphatic carbocycles. The molecular formula is C13H21ClN2O. The first-order valence-corrected chi connectivity index (χ1v) is 6.41. The van der Waals surface area contributed by atoms with Crippen molar-refractivity contribution in [1.29, 1.82) is 0 Å². The second kappa shape index (κ2) is 7.67. The van der Waals surface area contributed by atoms with E-state index in [1.165, 1.54) is 5.56 Å². The minimum absolute atomic E-state index is 0.198. The lowest BCUT2D eigenvalue weighted by atomic mass is 10.1. The number of aliphatic hydroxyl groups excluding tert-OH is 1. The first kappa shape index (κ1) is 14.5. The zero-order valence-corrected chi connectivity index (χ0v) is 11.0. The Kier molecular flexibility index (Phi) is 6.52. The van der Waals surface area contributed by atoms with E-state index < -0.39 is 0 Å². The van der Waals surface area contributed by atoms with E-state index in [1.54, 1.807) is 0 Å². The van der Waals surface area contributed by atoms with Gasteiger partial charge in [0.05, 0.1) is 0 Å². The highest BCUT2D eigenvalue weighted by Crippen LogP contribution is 2.21. The molecule has 17 heavy (non-hydrogen) atoms. The number of benzene rings is 1. The van der Waals surface area contributed by atoms with Crippen LogP contribution in [0.25, 0.3) is 0 Å². The van der Waals surface area contributed by atoms with Crippen LogP contribution in [0.1, 0.15) is 24.9 Å². The molecule has 1 aromatic carbocycles. The van der Waals surface area contributed by atoms with Crippen LogP contribution < -0.4 is 5.73 Å². The summed E-state index contributed by atoms with van der Waals surface area (Å²) in [6.07, 6.45) is 0.776. The van der Waals surface area contributed by atoms with E-state index in [0.29, 0.717) is 6.54 Å². The highest BCUT2D eigenvalue weighted by Gasteiger charge is 2.16. The average Bonchev–Trinajstić information content (AvgIpc) is 2.36. The average molecular weight is 257 g/mol. The fourth-order valence-electron chi connectivity index (χ4n) is 1.99. The predicted molar refractivity (Wildman–Crippen MR) is 72.2 cm³/mol. The number of hydrogen-bond donors (Lipinski definition) is 2. The van der Waals surface area contributed by atoms with E-state index in [-0.39, 0.29) is 12.6 Å². The van der Waals surface area contributed by atoms with Crippen LogP contribution in [0, 0.1) is 0 Å². The van der Waals surface area contributed by atoms with Gasteiger partial charge < -0.3 is 10.8 Å². The Bertz CT molecular complexity index is 316. The molecule has 0 radical (unpaired) electrons. The van der Waals surface area contributed by atoms with Gasteiger partial charge in [0.25, 0.3) is 0 Å². The van der Waals surface area contributed by atoms with Gasteiger partial charge in [0, 0.05) is 30.8 Å². The summed E-state index contributed by atoms with van der Waals surface area (Å²) < 4.78 is 0. The molecule has 0 bridgehead atoms. The lowest BCUT2D eigenvalue weighted by molar-refractivity contribution is 0.185. The van der Waals surface area contributed by atoms with E-state index in [9.17, 15) is 0 Å². The van der Waals surface area contributed by atoms with E-state index in [2.05, 4.69) is 11.8 Å². The molecule has 0 heterocycles. The lowest BCUT2D eigenvalue weighted by Crippen LogP contribution is -2.34. The quantitative estimate of drug-likeness (QED) is 0.785. The predicted octanol–water partition coefficient (Wildman–Crippen LogP) is 2.04. The summed E-state index contributed by atoms with van der Waals surface area (Å²) in [5, 5.41) is 9.64. The summed E-state index contributed by atoms with van der Waals surface area (Å²) >= 11 is 5.88. The van der Waals surface area contributed by atoms with Crippen LogP contribution in [0.5, 0.6) is 0 Å². The molecule has 0 spiro atoms. The number of nitrogens with zero attached hydrogens (tertiary/aromatic N) is 1. The normalized spacial score (nSPS) is 13.0. The molecular weight excluding hydrogens is 236 g/mol.